The fourth-order valence-electron chi connectivity index (χ4n) is 2.31. The smallest absolute Gasteiger partial charge is 0.309 e. The van der Waals surface area contributed by atoms with Crippen LogP contribution in [0.2, 0.25) is 0 Å². The molecule has 1 aliphatic heterocycles. The van der Waals surface area contributed by atoms with Crippen molar-refractivity contribution >= 4 is 11.8 Å². The number of aliphatic carboxylic acids is 1. The first kappa shape index (κ1) is 14.5. The summed E-state index contributed by atoms with van der Waals surface area (Å²) in [7, 11) is 0. The zero-order valence-corrected chi connectivity index (χ0v) is 11.8. The third-order valence-corrected chi connectivity index (χ3v) is 3.47. The summed E-state index contributed by atoms with van der Waals surface area (Å²) < 4.78 is 5.56. The van der Waals surface area contributed by atoms with E-state index in [9.17, 15) is 9.59 Å². The fraction of sp³-hybridized carbons (Fsp3) is 0.467. The second kappa shape index (κ2) is 6.05. The number of Topliss-reactive ketones (excluding diaryl/α,β-unsaturated/α-hetero) is 1. The molecule has 1 N–H and O–H groups in total. The average Bonchev–Trinajstić information content (AvgIpc) is 2.34. The van der Waals surface area contributed by atoms with E-state index in [1.807, 2.05) is 24.0 Å². The van der Waals surface area contributed by atoms with Crippen molar-refractivity contribution in [2.75, 3.05) is 19.7 Å². The number of nitrogens with zero attached hydrogens (tertiary/aromatic N) is 1. The van der Waals surface area contributed by atoms with Crippen LogP contribution in [0.4, 0.5) is 0 Å². The summed E-state index contributed by atoms with van der Waals surface area (Å²) in [6, 6.07) is 5.40. The number of rotatable bonds is 6. The van der Waals surface area contributed by atoms with Crippen LogP contribution in [-0.4, -0.2) is 41.5 Å². The molecule has 1 heterocycles. The van der Waals surface area contributed by atoms with Crippen molar-refractivity contribution in [2.24, 2.45) is 5.92 Å². The highest BCUT2D eigenvalue weighted by molar-refractivity contribution is 5.94. The summed E-state index contributed by atoms with van der Waals surface area (Å²) in [5, 5.41) is 8.88. The summed E-state index contributed by atoms with van der Waals surface area (Å²) in [6.45, 7) is 5.71. The lowest BCUT2D eigenvalue weighted by atomic mass is 9.98. The second-order valence-electron chi connectivity index (χ2n) is 5.04. The van der Waals surface area contributed by atoms with Crippen molar-refractivity contribution < 1.29 is 19.4 Å². The maximum Gasteiger partial charge on any atom is 0.309 e. The van der Waals surface area contributed by atoms with Crippen LogP contribution in [-0.2, 0) is 11.3 Å². The average molecular weight is 277 g/mol. The molecule has 0 aliphatic carbocycles. The molecule has 1 fully saturated rings. The molecule has 0 atom stereocenters. The number of hydrogen-bond donors (Lipinski definition) is 1. The summed E-state index contributed by atoms with van der Waals surface area (Å²) in [6.07, 6.45) is 0. The first-order chi connectivity index (χ1) is 9.51. The SMILES string of the molecule is CCOc1ccc(C(C)=O)cc1CN1CC(C(=O)O)C1. The summed E-state index contributed by atoms with van der Waals surface area (Å²) in [5.41, 5.74) is 1.59. The molecule has 1 aliphatic rings. The molecule has 1 saturated heterocycles. The van der Waals surface area contributed by atoms with Crippen LogP contribution in [0.3, 0.4) is 0 Å². The van der Waals surface area contributed by atoms with Crippen molar-refractivity contribution in [3.05, 3.63) is 29.3 Å². The van der Waals surface area contributed by atoms with Crippen LogP contribution >= 0.6 is 0 Å². The number of ether oxygens (including phenoxy) is 1. The van der Waals surface area contributed by atoms with E-state index in [-0.39, 0.29) is 11.7 Å². The maximum atomic E-state index is 11.4. The van der Waals surface area contributed by atoms with E-state index in [4.69, 9.17) is 9.84 Å². The Kier molecular flexibility index (Phi) is 4.39. The van der Waals surface area contributed by atoms with Gasteiger partial charge in [-0.3, -0.25) is 14.5 Å². The van der Waals surface area contributed by atoms with Gasteiger partial charge in [-0.15, -0.1) is 0 Å². The standard InChI is InChI=1S/C15H19NO4/c1-3-20-14-5-4-11(10(2)17)6-12(14)7-16-8-13(9-16)15(18)19/h4-6,13H,3,7-9H2,1-2H3,(H,18,19). The van der Waals surface area contributed by atoms with E-state index in [1.165, 1.54) is 6.92 Å². The van der Waals surface area contributed by atoms with Crippen molar-refractivity contribution in [1.29, 1.82) is 0 Å². The van der Waals surface area contributed by atoms with Crippen molar-refractivity contribution in [1.82, 2.24) is 4.90 Å². The second-order valence-corrected chi connectivity index (χ2v) is 5.04. The number of hydrogen-bond acceptors (Lipinski definition) is 4. The third kappa shape index (κ3) is 3.17. The Hall–Kier alpha value is -1.88. The molecule has 1 aromatic carbocycles. The number of likely N-dealkylation sites (tertiary alicyclic amines) is 1. The summed E-state index contributed by atoms with van der Waals surface area (Å²) in [4.78, 5) is 24.3. The first-order valence-electron chi connectivity index (χ1n) is 6.73. The molecule has 20 heavy (non-hydrogen) atoms. The monoisotopic (exact) mass is 277 g/mol. The topological polar surface area (TPSA) is 66.8 Å². The maximum absolute atomic E-state index is 11.4. The molecule has 5 nitrogen and oxygen atoms in total. The van der Waals surface area contributed by atoms with Gasteiger partial charge in [0.05, 0.1) is 12.5 Å². The van der Waals surface area contributed by atoms with Crippen LogP contribution in [0.5, 0.6) is 5.75 Å². The third-order valence-electron chi connectivity index (χ3n) is 3.47. The van der Waals surface area contributed by atoms with Gasteiger partial charge in [0.2, 0.25) is 0 Å². The number of ketones is 1. The lowest BCUT2D eigenvalue weighted by Crippen LogP contribution is -2.49. The molecule has 0 saturated carbocycles. The van der Waals surface area contributed by atoms with Crippen molar-refractivity contribution in [2.45, 2.75) is 20.4 Å². The quantitative estimate of drug-likeness (QED) is 0.803. The molecular formula is C15H19NO4. The van der Waals surface area contributed by atoms with Gasteiger partial charge in [0.1, 0.15) is 5.75 Å². The number of carbonyl (C=O) groups excluding carboxylic acids is 1. The van der Waals surface area contributed by atoms with Crippen LogP contribution in [0, 0.1) is 5.92 Å². The summed E-state index contributed by atoms with van der Waals surface area (Å²) in [5.74, 6) is -0.247. The molecule has 0 bridgehead atoms. The molecule has 1 aromatic rings. The number of carboxylic acids is 1. The molecule has 0 amide bonds. The molecule has 2 rings (SSSR count). The van der Waals surface area contributed by atoms with Crippen LogP contribution < -0.4 is 4.74 Å². The molecule has 0 unspecified atom stereocenters. The lowest BCUT2D eigenvalue weighted by molar-refractivity contribution is -0.147. The van der Waals surface area contributed by atoms with Crippen molar-refractivity contribution in [3.8, 4) is 5.75 Å². The van der Waals surface area contributed by atoms with E-state index in [0.29, 0.717) is 31.8 Å². The zero-order valence-electron chi connectivity index (χ0n) is 11.8. The van der Waals surface area contributed by atoms with E-state index < -0.39 is 5.97 Å². The molecule has 0 aromatic heterocycles. The largest absolute Gasteiger partial charge is 0.494 e. The Labute approximate surface area is 118 Å². The van der Waals surface area contributed by atoms with Gasteiger partial charge >= 0.3 is 5.97 Å². The minimum atomic E-state index is -0.747. The molecule has 108 valence electrons. The minimum absolute atomic E-state index is 0.0151. The first-order valence-corrected chi connectivity index (χ1v) is 6.73. The highest BCUT2D eigenvalue weighted by atomic mass is 16.5. The van der Waals surface area contributed by atoms with E-state index in [0.717, 1.165) is 11.3 Å². The van der Waals surface area contributed by atoms with E-state index in [2.05, 4.69) is 0 Å². The Balaban J connectivity index is 2.10. The zero-order chi connectivity index (χ0) is 14.7. The lowest BCUT2D eigenvalue weighted by Gasteiger charge is -2.36. The minimum Gasteiger partial charge on any atom is -0.494 e. The van der Waals surface area contributed by atoms with Gasteiger partial charge in [0.15, 0.2) is 5.78 Å². The highest BCUT2D eigenvalue weighted by Gasteiger charge is 2.32. The Morgan fingerprint density at radius 2 is 2.10 bits per heavy atom. The van der Waals surface area contributed by atoms with E-state index >= 15 is 0 Å². The van der Waals surface area contributed by atoms with Crippen molar-refractivity contribution in [3.63, 3.8) is 0 Å². The Morgan fingerprint density at radius 1 is 1.40 bits per heavy atom. The van der Waals surface area contributed by atoms with Gasteiger partial charge in [0.25, 0.3) is 0 Å². The highest BCUT2D eigenvalue weighted by Crippen LogP contribution is 2.26. The molecule has 0 radical (unpaired) electrons. The Bertz CT molecular complexity index is 521. The molecule has 0 spiro atoms. The molecular weight excluding hydrogens is 258 g/mol. The van der Waals surface area contributed by atoms with Gasteiger partial charge in [-0.05, 0) is 32.0 Å². The van der Waals surface area contributed by atoms with Gasteiger partial charge in [-0.25, -0.2) is 0 Å². The van der Waals surface area contributed by atoms with Crippen LogP contribution in [0.1, 0.15) is 29.8 Å². The fourth-order valence-corrected chi connectivity index (χ4v) is 2.31. The normalized spacial score (nSPS) is 15.7. The summed E-state index contributed by atoms with van der Waals surface area (Å²) >= 11 is 0. The number of benzene rings is 1. The van der Waals surface area contributed by atoms with Gasteiger partial charge < -0.3 is 9.84 Å². The molecule has 5 heteroatoms. The van der Waals surface area contributed by atoms with Gasteiger partial charge in [-0.2, -0.15) is 0 Å². The number of carboxylic acid groups (broad SMARTS) is 1. The Morgan fingerprint density at radius 3 is 2.65 bits per heavy atom. The number of carbonyl (C=O) groups is 2. The van der Waals surface area contributed by atoms with Crippen LogP contribution in [0.25, 0.3) is 0 Å². The predicted molar refractivity (Wildman–Crippen MR) is 74.0 cm³/mol. The van der Waals surface area contributed by atoms with Gasteiger partial charge in [-0.1, -0.05) is 0 Å². The van der Waals surface area contributed by atoms with Gasteiger partial charge in [0, 0.05) is 30.8 Å². The van der Waals surface area contributed by atoms with E-state index in [1.54, 1.807) is 6.07 Å². The van der Waals surface area contributed by atoms with Crippen LogP contribution in [0.15, 0.2) is 18.2 Å². The predicted octanol–water partition coefficient (Wildman–Crippen LogP) is 1.80.